The minimum Gasteiger partial charge on any atom is -0.345 e. The molecule has 0 aliphatic heterocycles. The Morgan fingerprint density at radius 2 is 2.35 bits per heavy atom. The lowest BCUT2D eigenvalue weighted by Gasteiger charge is -2.04. The third-order valence-electron chi connectivity index (χ3n) is 2.23. The number of benzene rings is 1. The van der Waals surface area contributed by atoms with E-state index in [9.17, 15) is 4.79 Å². The van der Waals surface area contributed by atoms with Crippen molar-refractivity contribution in [3.05, 3.63) is 40.2 Å². The molecule has 17 heavy (non-hydrogen) atoms. The number of aryl methyl sites for hydroxylation is 1. The van der Waals surface area contributed by atoms with Gasteiger partial charge in [0.2, 0.25) is 0 Å². The maximum Gasteiger partial charge on any atom is 0.251 e. The molecule has 0 aliphatic rings. The number of hydrogen-bond donors (Lipinski definition) is 2. The van der Waals surface area contributed by atoms with Crippen LogP contribution in [0.15, 0.2) is 18.2 Å². The van der Waals surface area contributed by atoms with Crippen molar-refractivity contribution < 1.29 is 4.79 Å². The summed E-state index contributed by atoms with van der Waals surface area (Å²) >= 11 is 5.94. The Bertz CT molecular complexity index is 525. The van der Waals surface area contributed by atoms with Crippen molar-refractivity contribution in [3.8, 4) is 0 Å². The summed E-state index contributed by atoms with van der Waals surface area (Å²) in [6.45, 7) is 2.10. The second-order valence-electron chi connectivity index (χ2n) is 3.47. The summed E-state index contributed by atoms with van der Waals surface area (Å²) in [5.41, 5.74) is 1.44. The smallest absolute Gasteiger partial charge is 0.251 e. The van der Waals surface area contributed by atoms with E-state index in [1.54, 1.807) is 18.2 Å². The third kappa shape index (κ3) is 2.79. The molecule has 0 fully saturated rings. The van der Waals surface area contributed by atoms with Gasteiger partial charge in [-0.3, -0.25) is 4.79 Å². The Morgan fingerprint density at radius 3 is 3.00 bits per heavy atom. The molecule has 88 valence electrons. The van der Waals surface area contributed by atoms with E-state index in [0.717, 1.165) is 5.56 Å². The molecule has 6 nitrogen and oxygen atoms in total. The van der Waals surface area contributed by atoms with Gasteiger partial charge < -0.3 is 5.32 Å². The van der Waals surface area contributed by atoms with Crippen LogP contribution in [0.3, 0.4) is 0 Å². The monoisotopic (exact) mass is 251 g/mol. The van der Waals surface area contributed by atoms with Crippen LogP contribution in [-0.2, 0) is 6.54 Å². The molecule has 0 saturated carbocycles. The van der Waals surface area contributed by atoms with Crippen LogP contribution >= 0.6 is 11.6 Å². The van der Waals surface area contributed by atoms with Crippen molar-refractivity contribution in [2.24, 2.45) is 0 Å². The van der Waals surface area contributed by atoms with Crippen molar-refractivity contribution in [1.29, 1.82) is 0 Å². The number of hydrogen-bond acceptors (Lipinski definition) is 4. The highest BCUT2D eigenvalue weighted by Gasteiger charge is 2.08. The fourth-order valence-electron chi connectivity index (χ4n) is 1.25. The SMILES string of the molecule is Cc1ccc(C(=O)NCc2nn[nH]n2)cc1Cl. The maximum atomic E-state index is 11.7. The van der Waals surface area contributed by atoms with Gasteiger partial charge in [0.25, 0.3) is 5.91 Å². The number of amides is 1. The second kappa shape index (κ2) is 4.92. The summed E-state index contributed by atoms with van der Waals surface area (Å²) in [5, 5.41) is 16.4. The number of halogens is 1. The Balaban J connectivity index is 2.02. The van der Waals surface area contributed by atoms with Crippen LogP contribution in [0.5, 0.6) is 0 Å². The van der Waals surface area contributed by atoms with Crippen LogP contribution in [0.1, 0.15) is 21.7 Å². The first-order chi connectivity index (χ1) is 8.16. The van der Waals surface area contributed by atoms with E-state index < -0.39 is 0 Å². The molecule has 1 amide bonds. The first-order valence-corrected chi connectivity index (χ1v) is 5.31. The highest BCUT2D eigenvalue weighted by atomic mass is 35.5. The molecule has 0 aliphatic carbocycles. The molecule has 0 saturated heterocycles. The fraction of sp³-hybridized carbons (Fsp3) is 0.200. The predicted octanol–water partition coefficient (Wildman–Crippen LogP) is 1.09. The Hall–Kier alpha value is -1.95. The van der Waals surface area contributed by atoms with Gasteiger partial charge in [-0.2, -0.15) is 5.21 Å². The molecular formula is C10H10ClN5O. The minimum absolute atomic E-state index is 0.223. The van der Waals surface area contributed by atoms with Crippen LogP contribution in [0.2, 0.25) is 5.02 Å². The summed E-state index contributed by atoms with van der Waals surface area (Å²) in [7, 11) is 0. The van der Waals surface area contributed by atoms with E-state index in [1.165, 1.54) is 0 Å². The number of nitrogens with zero attached hydrogens (tertiary/aromatic N) is 3. The van der Waals surface area contributed by atoms with Gasteiger partial charge in [-0.25, -0.2) is 0 Å². The minimum atomic E-state index is -0.225. The van der Waals surface area contributed by atoms with Gasteiger partial charge in [-0.05, 0) is 24.6 Å². The number of aromatic nitrogens is 4. The molecule has 0 bridgehead atoms. The first kappa shape index (κ1) is 11.5. The molecule has 0 radical (unpaired) electrons. The van der Waals surface area contributed by atoms with Gasteiger partial charge in [-0.1, -0.05) is 22.9 Å². The molecule has 1 aromatic heterocycles. The van der Waals surface area contributed by atoms with Gasteiger partial charge in [-0.15, -0.1) is 10.2 Å². The second-order valence-corrected chi connectivity index (χ2v) is 3.88. The lowest BCUT2D eigenvalue weighted by Crippen LogP contribution is -2.23. The van der Waals surface area contributed by atoms with Gasteiger partial charge in [0.15, 0.2) is 5.82 Å². The summed E-state index contributed by atoms with van der Waals surface area (Å²) in [4.78, 5) is 11.7. The van der Waals surface area contributed by atoms with Crippen LogP contribution in [0.4, 0.5) is 0 Å². The summed E-state index contributed by atoms with van der Waals surface area (Å²) < 4.78 is 0. The Kier molecular flexibility index (Phi) is 3.34. The first-order valence-electron chi connectivity index (χ1n) is 4.93. The molecule has 2 N–H and O–H groups in total. The Labute approximate surface area is 102 Å². The number of carbonyl (C=O) groups excluding carboxylic acids is 1. The number of carbonyl (C=O) groups is 1. The fourth-order valence-corrected chi connectivity index (χ4v) is 1.43. The van der Waals surface area contributed by atoms with Crippen LogP contribution in [0, 0.1) is 6.92 Å². The lowest BCUT2D eigenvalue weighted by molar-refractivity contribution is 0.0950. The van der Waals surface area contributed by atoms with Crippen LogP contribution in [0.25, 0.3) is 0 Å². The quantitative estimate of drug-likeness (QED) is 0.855. The largest absolute Gasteiger partial charge is 0.345 e. The molecule has 0 unspecified atom stereocenters. The number of nitrogens with one attached hydrogen (secondary N) is 2. The molecule has 1 aromatic carbocycles. The van der Waals surface area contributed by atoms with E-state index in [1.807, 2.05) is 6.92 Å². The number of rotatable bonds is 3. The summed E-state index contributed by atoms with van der Waals surface area (Å²) in [6.07, 6.45) is 0. The standard InChI is InChI=1S/C10H10ClN5O/c1-6-2-3-7(4-8(6)11)10(17)12-5-9-13-15-16-14-9/h2-4H,5H2,1H3,(H,12,17)(H,13,14,15,16). The van der Waals surface area contributed by atoms with Crippen molar-refractivity contribution in [1.82, 2.24) is 25.9 Å². The predicted molar refractivity (Wildman–Crippen MR) is 61.5 cm³/mol. The van der Waals surface area contributed by atoms with E-state index >= 15 is 0 Å². The molecule has 0 spiro atoms. The molecular weight excluding hydrogens is 242 g/mol. The molecule has 7 heteroatoms. The van der Waals surface area contributed by atoms with E-state index in [-0.39, 0.29) is 12.5 Å². The number of H-pyrrole nitrogens is 1. The average Bonchev–Trinajstić information content (AvgIpc) is 2.82. The molecule has 2 rings (SSSR count). The zero-order valence-corrected chi connectivity index (χ0v) is 9.82. The van der Waals surface area contributed by atoms with Crippen LogP contribution in [-0.4, -0.2) is 26.5 Å². The molecule has 1 heterocycles. The van der Waals surface area contributed by atoms with Crippen molar-refractivity contribution in [2.75, 3.05) is 0 Å². The zero-order chi connectivity index (χ0) is 12.3. The number of tetrazole rings is 1. The number of aromatic amines is 1. The normalized spacial score (nSPS) is 10.2. The maximum absolute atomic E-state index is 11.7. The molecule has 2 aromatic rings. The van der Waals surface area contributed by atoms with Crippen LogP contribution < -0.4 is 5.32 Å². The van der Waals surface area contributed by atoms with Crippen molar-refractivity contribution in [3.63, 3.8) is 0 Å². The van der Waals surface area contributed by atoms with E-state index in [0.29, 0.717) is 16.4 Å². The lowest BCUT2D eigenvalue weighted by atomic mass is 10.1. The van der Waals surface area contributed by atoms with E-state index in [4.69, 9.17) is 11.6 Å². The van der Waals surface area contributed by atoms with Gasteiger partial charge in [0.1, 0.15) is 0 Å². The summed E-state index contributed by atoms with van der Waals surface area (Å²) in [5.74, 6) is 0.202. The van der Waals surface area contributed by atoms with E-state index in [2.05, 4.69) is 25.9 Å². The topological polar surface area (TPSA) is 83.6 Å². The van der Waals surface area contributed by atoms with Crippen molar-refractivity contribution in [2.45, 2.75) is 13.5 Å². The average molecular weight is 252 g/mol. The van der Waals surface area contributed by atoms with Gasteiger partial charge in [0, 0.05) is 10.6 Å². The zero-order valence-electron chi connectivity index (χ0n) is 9.07. The highest BCUT2D eigenvalue weighted by Crippen LogP contribution is 2.16. The highest BCUT2D eigenvalue weighted by molar-refractivity contribution is 6.31. The van der Waals surface area contributed by atoms with Gasteiger partial charge in [0.05, 0.1) is 6.54 Å². The van der Waals surface area contributed by atoms with Gasteiger partial charge >= 0.3 is 0 Å². The third-order valence-corrected chi connectivity index (χ3v) is 2.64. The Morgan fingerprint density at radius 1 is 1.53 bits per heavy atom. The molecule has 0 atom stereocenters. The van der Waals surface area contributed by atoms with Crippen molar-refractivity contribution >= 4 is 17.5 Å². The summed E-state index contributed by atoms with van der Waals surface area (Å²) in [6, 6.07) is 5.14.